The van der Waals surface area contributed by atoms with Gasteiger partial charge in [0, 0.05) is 33.6 Å². The average molecular weight is 637 g/mol. The number of sulfonamides is 1. The Morgan fingerprint density at radius 3 is 2.15 bits per heavy atom. The Balaban J connectivity index is 2.03. The molecule has 2 amide bonds. The fourth-order valence-electron chi connectivity index (χ4n) is 4.09. The molecule has 0 radical (unpaired) electrons. The van der Waals surface area contributed by atoms with E-state index in [0.717, 1.165) is 27.6 Å². The molecule has 0 fully saturated rings. The molecule has 3 aromatic rings. The minimum atomic E-state index is -4.15. The molecule has 0 aliphatic heterocycles. The van der Waals surface area contributed by atoms with Crippen LogP contribution in [0.2, 0.25) is 10.0 Å². The number of carbonyl (C=O) groups is 2. The third-order valence-electron chi connectivity index (χ3n) is 6.64. The highest BCUT2D eigenvalue weighted by Crippen LogP contribution is 2.29. The SMILES string of the molecule is CCCCNC(=O)[C@@H](C)N(Cc1c(Cl)cccc1Cl)C(=O)CN(c1ccc(C)cc1)S(=O)(=O)c1ccc(SC)cc1. The van der Waals surface area contributed by atoms with Crippen LogP contribution in [0.25, 0.3) is 0 Å². The lowest BCUT2D eigenvalue weighted by molar-refractivity contribution is -0.139. The van der Waals surface area contributed by atoms with Gasteiger partial charge in [0.15, 0.2) is 0 Å². The molecular weight excluding hydrogens is 601 g/mol. The summed E-state index contributed by atoms with van der Waals surface area (Å²) in [5, 5.41) is 3.54. The predicted molar refractivity (Wildman–Crippen MR) is 168 cm³/mol. The van der Waals surface area contributed by atoms with E-state index < -0.39 is 28.5 Å². The molecule has 220 valence electrons. The summed E-state index contributed by atoms with van der Waals surface area (Å²) in [5.41, 5.74) is 1.73. The van der Waals surface area contributed by atoms with Crippen molar-refractivity contribution in [3.8, 4) is 0 Å². The molecule has 0 saturated carbocycles. The molecule has 0 aliphatic rings. The van der Waals surface area contributed by atoms with Gasteiger partial charge in [0.25, 0.3) is 10.0 Å². The van der Waals surface area contributed by atoms with Crippen LogP contribution in [0.3, 0.4) is 0 Å². The van der Waals surface area contributed by atoms with Crippen molar-refractivity contribution in [1.82, 2.24) is 10.2 Å². The minimum Gasteiger partial charge on any atom is -0.354 e. The molecule has 0 saturated heterocycles. The van der Waals surface area contributed by atoms with Crippen LogP contribution in [0.1, 0.15) is 37.8 Å². The topological polar surface area (TPSA) is 86.8 Å². The van der Waals surface area contributed by atoms with Gasteiger partial charge in [-0.3, -0.25) is 13.9 Å². The van der Waals surface area contributed by atoms with Gasteiger partial charge in [-0.15, -0.1) is 11.8 Å². The van der Waals surface area contributed by atoms with Gasteiger partial charge in [0.2, 0.25) is 11.8 Å². The number of rotatable bonds is 13. The first kappa shape index (κ1) is 32.8. The second-order valence-electron chi connectivity index (χ2n) is 9.57. The molecule has 11 heteroatoms. The van der Waals surface area contributed by atoms with Crippen molar-refractivity contribution in [2.45, 2.75) is 56.0 Å². The highest BCUT2D eigenvalue weighted by Gasteiger charge is 2.33. The Morgan fingerprint density at radius 1 is 0.976 bits per heavy atom. The van der Waals surface area contributed by atoms with E-state index in [0.29, 0.717) is 27.8 Å². The van der Waals surface area contributed by atoms with Gasteiger partial charge in [-0.1, -0.05) is 60.3 Å². The average Bonchev–Trinajstić information content (AvgIpc) is 2.96. The van der Waals surface area contributed by atoms with E-state index in [1.807, 2.05) is 20.1 Å². The Bertz CT molecular complexity index is 1430. The summed E-state index contributed by atoms with van der Waals surface area (Å²) < 4.78 is 29.0. The normalized spacial score (nSPS) is 12.0. The smallest absolute Gasteiger partial charge is 0.264 e. The zero-order valence-electron chi connectivity index (χ0n) is 23.6. The second kappa shape index (κ2) is 15.0. The molecule has 0 heterocycles. The van der Waals surface area contributed by atoms with Crippen LogP contribution < -0.4 is 9.62 Å². The molecule has 41 heavy (non-hydrogen) atoms. The first-order chi connectivity index (χ1) is 19.5. The summed E-state index contributed by atoms with van der Waals surface area (Å²) >= 11 is 14.4. The maximum Gasteiger partial charge on any atom is 0.264 e. The predicted octanol–water partition coefficient (Wildman–Crippen LogP) is 6.55. The number of nitrogens with zero attached hydrogens (tertiary/aromatic N) is 2. The molecule has 7 nitrogen and oxygen atoms in total. The second-order valence-corrected chi connectivity index (χ2v) is 13.1. The lowest BCUT2D eigenvalue weighted by atomic mass is 10.1. The summed E-state index contributed by atoms with van der Waals surface area (Å²) in [4.78, 5) is 29.4. The van der Waals surface area contributed by atoms with E-state index in [2.05, 4.69) is 5.32 Å². The zero-order chi connectivity index (χ0) is 30.2. The van der Waals surface area contributed by atoms with Gasteiger partial charge in [0.1, 0.15) is 12.6 Å². The molecule has 0 aliphatic carbocycles. The molecule has 3 rings (SSSR count). The quantitative estimate of drug-likeness (QED) is 0.170. The lowest BCUT2D eigenvalue weighted by Gasteiger charge is -2.32. The Labute approximate surface area is 257 Å². The third kappa shape index (κ3) is 8.41. The standard InChI is InChI=1S/C30H35Cl2N3O4S2/c1-5-6-18-33-30(37)22(3)34(19-26-27(31)8-7-9-28(26)32)29(36)20-35(23-12-10-21(2)11-13-23)41(38,39)25-16-14-24(40-4)15-17-25/h7-17,22H,5-6,18-20H2,1-4H3,(H,33,37)/t22-/m1/s1. The number of anilines is 1. The summed E-state index contributed by atoms with van der Waals surface area (Å²) in [6.07, 6.45) is 3.59. The van der Waals surface area contributed by atoms with Crippen molar-refractivity contribution in [1.29, 1.82) is 0 Å². The van der Waals surface area contributed by atoms with Crippen LogP contribution >= 0.6 is 35.0 Å². The molecule has 0 spiro atoms. The van der Waals surface area contributed by atoms with Crippen LogP contribution in [0.4, 0.5) is 5.69 Å². The van der Waals surface area contributed by atoms with E-state index in [-0.39, 0.29) is 17.3 Å². The van der Waals surface area contributed by atoms with Crippen LogP contribution in [-0.2, 0) is 26.2 Å². The van der Waals surface area contributed by atoms with Gasteiger partial charge in [-0.05, 0) is 75.1 Å². The third-order valence-corrected chi connectivity index (χ3v) is 9.88. The first-order valence-electron chi connectivity index (χ1n) is 13.2. The first-order valence-corrected chi connectivity index (χ1v) is 16.6. The number of unbranched alkanes of at least 4 members (excludes halogenated alkanes) is 1. The monoisotopic (exact) mass is 635 g/mol. The highest BCUT2D eigenvalue weighted by atomic mass is 35.5. The summed E-state index contributed by atoms with van der Waals surface area (Å²) in [6, 6.07) is 17.5. The number of hydrogen-bond acceptors (Lipinski definition) is 5. The number of hydrogen-bond donors (Lipinski definition) is 1. The van der Waals surface area contributed by atoms with Crippen LogP contribution in [-0.4, -0.2) is 50.5 Å². The van der Waals surface area contributed by atoms with Crippen molar-refractivity contribution in [3.63, 3.8) is 0 Å². The van der Waals surface area contributed by atoms with E-state index >= 15 is 0 Å². The molecule has 1 N–H and O–H groups in total. The lowest BCUT2D eigenvalue weighted by Crippen LogP contribution is -2.51. The maximum absolute atomic E-state index is 14.0. The van der Waals surface area contributed by atoms with Crippen molar-refractivity contribution >= 4 is 62.5 Å². The maximum atomic E-state index is 14.0. The van der Waals surface area contributed by atoms with Crippen LogP contribution in [0, 0.1) is 6.92 Å². The van der Waals surface area contributed by atoms with Crippen molar-refractivity contribution in [2.24, 2.45) is 0 Å². The molecule has 0 bridgehead atoms. The number of aryl methyl sites for hydroxylation is 1. The van der Waals surface area contributed by atoms with E-state index in [9.17, 15) is 18.0 Å². The molecule has 3 aromatic carbocycles. The number of benzene rings is 3. The van der Waals surface area contributed by atoms with Gasteiger partial charge < -0.3 is 10.2 Å². The van der Waals surface area contributed by atoms with Gasteiger partial charge in [0.05, 0.1) is 10.6 Å². The number of amides is 2. The molecular formula is C30H35Cl2N3O4S2. The van der Waals surface area contributed by atoms with Crippen LogP contribution in [0.5, 0.6) is 0 Å². The summed E-state index contributed by atoms with van der Waals surface area (Å²) in [7, 11) is -4.15. The molecule has 0 unspecified atom stereocenters. The number of nitrogens with one attached hydrogen (secondary N) is 1. The van der Waals surface area contributed by atoms with Crippen molar-refractivity contribution < 1.29 is 18.0 Å². The Kier molecular flexibility index (Phi) is 12.0. The van der Waals surface area contributed by atoms with Gasteiger partial charge >= 0.3 is 0 Å². The Morgan fingerprint density at radius 2 is 1.59 bits per heavy atom. The molecule has 0 aromatic heterocycles. The van der Waals surface area contributed by atoms with Crippen LogP contribution in [0.15, 0.2) is 76.5 Å². The highest BCUT2D eigenvalue weighted by molar-refractivity contribution is 7.98. The number of halogens is 2. The summed E-state index contributed by atoms with van der Waals surface area (Å²) in [6.45, 7) is 5.36. The number of carbonyl (C=O) groups excluding carboxylic acids is 2. The van der Waals surface area contributed by atoms with Gasteiger partial charge in [-0.2, -0.15) is 0 Å². The zero-order valence-corrected chi connectivity index (χ0v) is 26.7. The Hall–Kier alpha value is -2.72. The fourth-order valence-corrected chi connectivity index (χ4v) is 6.43. The fraction of sp³-hybridized carbons (Fsp3) is 0.333. The molecule has 1 atom stereocenters. The minimum absolute atomic E-state index is 0.0507. The van der Waals surface area contributed by atoms with E-state index in [1.165, 1.54) is 28.8 Å². The van der Waals surface area contributed by atoms with Crippen molar-refractivity contribution in [2.75, 3.05) is 23.7 Å². The van der Waals surface area contributed by atoms with E-state index in [4.69, 9.17) is 23.2 Å². The van der Waals surface area contributed by atoms with Crippen molar-refractivity contribution in [3.05, 3.63) is 87.9 Å². The van der Waals surface area contributed by atoms with Gasteiger partial charge in [-0.25, -0.2) is 8.42 Å². The van der Waals surface area contributed by atoms with E-state index in [1.54, 1.807) is 61.5 Å². The largest absolute Gasteiger partial charge is 0.354 e. The summed E-state index contributed by atoms with van der Waals surface area (Å²) in [5.74, 6) is -0.934. The number of thioether (sulfide) groups is 1.